The number of likely N-dealkylation sites (N-methyl/N-ethyl adjacent to an activating group) is 8. The summed E-state index contributed by atoms with van der Waals surface area (Å²) in [6.07, 6.45) is 29.5. The Kier molecular flexibility index (Phi) is 111. The number of isocyanates is 2. The van der Waals surface area contributed by atoms with Gasteiger partial charge in [-0.2, -0.15) is 19.2 Å². The summed E-state index contributed by atoms with van der Waals surface area (Å²) in [6.45, 7) is 2.30. The van der Waals surface area contributed by atoms with Crippen LogP contribution in [0.15, 0.2) is 9.98 Å². The maximum Gasteiger partial charge on any atom is 0.373 e. The average Bonchev–Trinajstić information content (AvgIpc) is 0.998. The molecule has 0 aromatic heterocycles. The van der Waals surface area contributed by atoms with Crippen LogP contribution < -0.4 is 54.0 Å². The molecular weight excluding hydrogens is 1470 g/mol. The highest BCUT2D eigenvalue weighted by Gasteiger charge is 2.22. The van der Waals surface area contributed by atoms with Crippen molar-refractivity contribution in [1.82, 2.24) is 42.5 Å². The first-order chi connectivity index (χ1) is 52.8. The van der Waals surface area contributed by atoms with E-state index in [9.17, 15) is 57.5 Å². The van der Waals surface area contributed by atoms with E-state index in [1.54, 1.807) is 56.4 Å². The fraction of sp³-hybridized carbons (Fsp3) is 0.811. The minimum atomic E-state index is -0.264. The number of nitrogens with zero attached hydrogens (tertiary/aromatic N) is 2. The first-order valence-corrected chi connectivity index (χ1v) is 37.4. The van der Waals surface area contributed by atoms with Gasteiger partial charge in [-0.15, -0.1) is 0 Å². The molecule has 656 valence electrons. The lowest BCUT2D eigenvalue weighted by Crippen LogP contribution is -2.34. The number of unbranched alkanes of at least 4 members (excludes halogenated alkanes) is 12. The van der Waals surface area contributed by atoms with Gasteiger partial charge in [0.15, 0.2) is 0 Å². The summed E-state index contributed by atoms with van der Waals surface area (Å²) in [7, 11) is 25.0. The molecule has 0 aromatic carbocycles. The number of hydrogen-bond acceptors (Lipinski definition) is 36. The van der Waals surface area contributed by atoms with E-state index in [4.69, 9.17) is 49.6 Å². The molecule has 16 N–H and O–H groups in total. The summed E-state index contributed by atoms with van der Waals surface area (Å²) in [5.41, 5.74) is 10.7. The van der Waals surface area contributed by atoms with Gasteiger partial charge < -0.3 is 103 Å². The van der Waals surface area contributed by atoms with E-state index < -0.39 is 0 Å². The largest absolute Gasteiger partial charge is 0.468 e. The summed E-state index contributed by atoms with van der Waals surface area (Å²) in [5, 5.41) is 23.3. The predicted molar refractivity (Wildman–Crippen MR) is 418 cm³/mol. The van der Waals surface area contributed by atoms with E-state index in [-0.39, 0.29) is 119 Å². The Bertz CT molecular complexity index is 2230. The number of ether oxygens (including phenoxy) is 8. The lowest BCUT2D eigenvalue weighted by atomic mass is 10.0. The Labute approximate surface area is 664 Å². The molecule has 0 radical (unpaired) electrons. The van der Waals surface area contributed by atoms with E-state index in [0.29, 0.717) is 76.3 Å². The molecule has 8 atom stereocenters. The number of hydrogen-bond donors (Lipinski definition) is 10. The number of methoxy groups -OCH3 is 8. The van der Waals surface area contributed by atoms with Gasteiger partial charge >= 0.3 is 60.1 Å². The van der Waals surface area contributed by atoms with E-state index in [0.717, 1.165) is 167 Å². The summed E-state index contributed by atoms with van der Waals surface area (Å²) in [4.78, 5) is 173. The van der Waals surface area contributed by atoms with Crippen LogP contribution in [-0.4, -0.2) is 283 Å². The minimum absolute atomic E-state index is 0. The van der Waals surface area contributed by atoms with Crippen molar-refractivity contribution in [1.29, 1.82) is 0 Å². The van der Waals surface area contributed by atoms with Crippen LogP contribution in [0.25, 0.3) is 0 Å². The van der Waals surface area contributed by atoms with Crippen LogP contribution in [0.2, 0.25) is 0 Å². The highest BCUT2D eigenvalue weighted by molar-refractivity contribution is 5.80. The molecule has 38 heteroatoms. The molecule has 0 amide bonds. The molecule has 0 aliphatic rings. The number of carbonyl (C=O) groups is 10. The normalized spacial score (nSPS) is 11.8. The van der Waals surface area contributed by atoms with Gasteiger partial charge in [-0.3, -0.25) is 47.9 Å². The minimum Gasteiger partial charge on any atom is -0.468 e. The SMILES string of the molecule is CNC(CCCCCC(=O)CCCCCC(NC)C(=O)OC)C(=O)OC.CNC(CCCCCC(=O)CCCCCC(NC)C(=O)OC)C(=O)OC.CNC(CCCCN)C(=O)OC.CNC(CCCCN)C(=O)OC.CNC(CCCCN=C=O)C(=O)OC.CNC(CCCCN=C=O)C(=O)OC.O.O.O=C=O.O=C=O. The lowest BCUT2D eigenvalue weighted by molar-refractivity contribution is -0.193. The van der Waals surface area contributed by atoms with E-state index in [1.165, 1.54) is 69.0 Å². The van der Waals surface area contributed by atoms with Gasteiger partial charge in [0.1, 0.15) is 59.9 Å². The smallest absolute Gasteiger partial charge is 0.373 e. The van der Waals surface area contributed by atoms with Gasteiger partial charge in [-0.25, -0.2) is 19.6 Å². The summed E-state index contributed by atoms with van der Waals surface area (Å²) in [6, 6.07) is -1.93. The molecule has 0 aromatic rings. The highest BCUT2D eigenvalue weighted by atomic mass is 16.5. The van der Waals surface area contributed by atoms with Crippen molar-refractivity contribution in [2.45, 2.75) is 254 Å². The molecule has 38 nitrogen and oxygen atoms in total. The second-order valence-electron chi connectivity index (χ2n) is 24.1. The van der Waals surface area contributed by atoms with Crippen molar-refractivity contribution in [2.75, 3.05) is 139 Å². The van der Waals surface area contributed by atoms with Crippen molar-refractivity contribution in [3.63, 3.8) is 0 Å². The lowest BCUT2D eigenvalue weighted by Gasteiger charge is -2.13. The van der Waals surface area contributed by atoms with Crippen LogP contribution in [0, 0.1) is 0 Å². The first kappa shape index (κ1) is 125. The molecule has 0 aliphatic heterocycles. The van der Waals surface area contributed by atoms with Gasteiger partial charge in [-0.05, 0) is 185 Å². The van der Waals surface area contributed by atoms with Crippen LogP contribution in [0.1, 0.15) is 205 Å². The molecule has 0 fully saturated rings. The highest BCUT2D eigenvalue weighted by Crippen LogP contribution is 2.15. The van der Waals surface area contributed by atoms with Crippen LogP contribution in [0.5, 0.6) is 0 Å². The number of ketones is 2. The van der Waals surface area contributed by atoms with Crippen molar-refractivity contribution in [3.8, 4) is 0 Å². The van der Waals surface area contributed by atoms with Crippen molar-refractivity contribution < 1.29 is 126 Å². The van der Waals surface area contributed by atoms with Gasteiger partial charge in [-0.1, -0.05) is 64.2 Å². The van der Waals surface area contributed by atoms with Gasteiger partial charge in [0.2, 0.25) is 12.2 Å². The fourth-order valence-corrected chi connectivity index (χ4v) is 9.97. The Morgan fingerprint density at radius 1 is 0.259 bits per heavy atom. The molecular formula is C74H144N12O26. The van der Waals surface area contributed by atoms with Crippen molar-refractivity contribution >= 4 is 83.8 Å². The third-order valence-electron chi connectivity index (χ3n) is 16.5. The zero-order valence-electron chi connectivity index (χ0n) is 69.9. The third-order valence-corrected chi connectivity index (χ3v) is 16.5. The van der Waals surface area contributed by atoms with E-state index >= 15 is 0 Å². The van der Waals surface area contributed by atoms with Gasteiger partial charge in [0.25, 0.3) is 0 Å². The zero-order chi connectivity index (χ0) is 85.4. The summed E-state index contributed by atoms with van der Waals surface area (Å²) >= 11 is 0. The standard InChI is InChI=1S/2C19H36N2O5.2C9H16N2O3.2C8H18N2O2.2CO2.2H2O/c2*1-20-16(18(23)25-3)13-9-5-7-11-15(22)12-8-6-10-14-17(21-2)19(24)26-4;2*1-10-8(9(13)14-2)5-3-4-6-11-7-12;2*1-10-7(8(11)12-2)5-3-4-6-9;2*2-1-3;;/h2*16-17,20-21H,5-14H2,1-4H3;2*8,10H,3-6H2,1-2H3;2*7,10H,3-6,9H2,1-2H3;;;2*1H2. The van der Waals surface area contributed by atoms with E-state index in [1.807, 2.05) is 0 Å². The van der Waals surface area contributed by atoms with Crippen molar-refractivity contribution in [2.24, 2.45) is 21.5 Å². The van der Waals surface area contributed by atoms with Crippen LogP contribution >= 0.6 is 0 Å². The Morgan fingerprint density at radius 2 is 0.402 bits per heavy atom. The fourth-order valence-electron chi connectivity index (χ4n) is 9.97. The van der Waals surface area contributed by atoms with Gasteiger partial charge in [0, 0.05) is 25.7 Å². The predicted octanol–water partition coefficient (Wildman–Crippen LogP) is 1.40. The monoisotopic (exact) mass is 1620 g/mol. The van der Waals surface area contributed by atoms with Crippen LogP contribution in [0.4, 0.5) is 0 Å². The molecule has 0 heterocycles. The van der Waals surface area contributed by atoms with E-state index in [2.05, 4.69) is 71.5 Å². The number of nitrogens with one attached hydrogen (secondary N) is 8. The molecule has 112 heavy (non-hydrogen) atoms. The molecule has 0 rings (SSSR count). The molecule has 0 spiro atoms. The molecule has 0 aliphatic carbocycles. The molecule has 8 unspecified atom stereocenters. The number of carbonyl (C=O) groups excluding carboxylic acids is 16. The third kappa shape index (κ3) is 83.1. The molecule has 0 saturated carbocycles. The number of aliphatic imine (C=N–C) groups is 2. The number of nitrogens with two attached hydrogens (primary N) is 2. The number of Topliss-reactive ketones (excluding diaryl/α,β-unsaturated/α-hetero) is 2. The molecule has 0 bridgehead atoms. The van der Waals surface area contributed by atoms with Crippen LogP contribution in [-0.2, 0) is 115 Å². The zero-order valence-corrected chi connectivity index (χ0v) is 69.9. The second-order valence-corrected chi connectivity index (χ2v) is 24.1. The number of rotatable bonds is 58. The quantitative estimate of drug-likeness (QED) is 0.0135. The Morgan fingerprint density at radius 3 is 0.527 bits per heavy atom. The van der Waals surface area contributed by atoms with Gasteiger partial charge in [0.05, 0.1) is 70.0 Å². The van der Waals surface area contributed by atoms with Crippen LogP contribution in [0.3, 0.4) is 0 Å². The molecule has 0 saturated heterocycles. The van der Waals surface area contributed by atoms with Crippen molar-refractivity contribution in [3.05, 3.63) is 0 Å². The Hall–Kier alpha value is -7.86. The maximum absolute atomic E-state index is 11.9. The first-order valence-electron chi connectivity index (χ1n) is 37.4. The maximum atomic E-state index is 11.9. The average molecular weight is 1620 g/mol. The number of esters is 8. The second kappa shape index (κ2) is 99.2. The topological polar surface area (TPSA) is 583 Å². The summed E-state index contributed by atoms with van der Waals surface area (Å²) < 4.78 is 37.3. The summed E-state index contributed by atoms with van der Waals surface area (Å²) in [5.74, 6) is -1.29. The Balaban J connectivity index is -0.000000141.